The molecule has 2 aliphatic rings. The number of anilines is 1. The van der Waals surface area contributed by atoms with Crippen molar-refractivity contribution in [2.75, 3.05) is 12.8 Å². The van der Waals surface area contributed by atoms with Gasteiger partial charge in [0.15, 0.2) is 0 Å². The molecule has 1 aliphatic heterocycles. The zero-order chi connectivity index (χ0) is 23.7. The lowest BCUT2D eigenvalue weighted by Gasteiger charge is -2.27. The molecule has 1 aromatic carbocycles. The summed E-state index contributed by atoms with van der Waals surface area (Å²) in [5, 5.41) is 27.8. The van der Waals surface area contributed by atoms with Gasteiger partial charge in [-0.05, 0) is 38.2 Å². The summed E-state index contributed by atoms with van der Waals surface area (Å²) >= 11 is 0. The van der Waals surface area contributed by atoms with Gasteiger partial charge >= 0.3 is 12.0 Å². The average Bonchev–Trinajstić information content (AvgIpc) is 3.14. The van der Waals surface area contributed by atoms with E-state index in [0.717, 1.165) is 18.4 Å². The number of allylic oxidation sites excluding steroid dienone is 1. The number of urea groups is 1. The molecule has 1 atom stereocenters. The van der Waals surface area contributed by atoms with E-state index in [4.69, 9.17) is 21.0 Å². The van der Waals surface area contributed by atoms with E-state index in [1.165, 1.54) is 13.3 Å². The van der Waals surface area contributed by atoms with Gasteiger partial charge in [0, 0.05) is 17.5 Å². The van der Waals surface area contributed by atoms with Gasteiger partial charge in [0.1, 0.15) is 11.5 Å². The highest BCUT2D eigenvalue weighted by Crippen LogP contribution is 2.35. The summed E-state index contributed by atoms with van der Waals surface area (Å²) in [5.74, 6) is -0.0908. The predicted octanol–water partition coefficient (Wildman–Crippen LogP) is 2.41. The number of rotatable bonds is 5. The molecule has 4 rings (SSSR count). The molecule has 2 amide bonds. The van der Waals surface area contributed by atoms with Crippen LogP contribution in [0.15, 0.2) is 35.5 Å². The quantitative estimate of drug-likeness (QED) is 0.346. The van der Waals surface area contributed by atoms with Crippen molar-refractivity contribution in [3.63, 3.8) is 0 Å². The van der Waals surface area contributed by atoms with Crippen LogP contribution in [0.25, 0.3) is 11.3 Å². The van der Waals surface area contributed by atoms with Crippen LogP contribution in [0.1, 0.15) is 55.8 Å². The minimum atomic E-state index is -0.654. The van der Waals surface area contributed by atoms with Crippen LogP contribution in [0.3, 0.4) is 0 Å². The lowest BCUT2D eigenvalue weighted by atomic mass is 9.93. The number of nitrogens with one attached hydrogen (secondary N) is 3. The standard InChI is InChI=1S/C23H28N6O4/c1-12-18(22(31)33-2)20(27-23(32)26-12)14-5-3-13(4-6-14)19-17(11-24)21(25)29(28-19)15-7-9-16(30)10-8-15/h3-6,11,15-16,20,24,30H,7-10,25H2,1-2H3,(H2,26,27,32). The Bertz CT molecular complexity index is 1110. The third kappa shape index (κ3) is 4.21. The van der Waals surface area contributed by atoms with Gasteiger partial charge in [-0.2, -0.15) is 5.10 Å². The van der Waals surface area contributed by atoms with E-state index >= 15 is 0 Å². The number of carbonyl (C=O) groups is 2. The molecule has 2 aromatic rings. The van der Waals surface area contributed by atoms with Crippen LogP contribution in [0.4, 0.5) is 10.6 Å². The van der Waals surface area contributed by atoms with Gasteiger partial charge in [-0.1, -0.05) is 24.3 Å². The summed E-state index contributed by atoms with van der Waals surface area (Å²) in [6, 6.07) is 6.31. The molecule has 6 N–H and O–H groups in total. The number of ether oxygens (including phenoxy) is 1. The molecule has 1 saturated carbocycles. The van der Waals surface area contributed by atoms with Crippen LogP contribution in [-0.4, -0.2) is 46.3 Å². The second-order valence-corrected chi connectivity index (χ2v) is 8.38. The minimum absolute atomic E-state index is 0.0841. The molecule has 33 heavy (non-hydrogen) atoms. The number of hydrogen-bond donors (Lipinski definition) is 5. The van der Waals surface area contributed by atoms with Crippen LogP contribution in [-0.2, 0) is 9.53 Å². The van der Waals surface area contributed by atoms with Gasteiger partial charge in [-0.15, -0.1) is 0 Å². The van der Waals surface area contributed by atoms with Crippen LogP contribution < -0.4 is 16.4 Å². The summed E-state index contributed by atoms with van der Waals surface area (Å²) < 4.78 is 6.66. The maximum Gasteiger partial charge on any atom is 0.337 e. The van der Waals surface area contributed by atoms with E-state index in [-0.39, 0.29) is 12.1 Å². The summed E-state index contributed by atoms with van der Waals surface area (Å²) in [4.78, 5) is 24.3. The number of nitrogens with two attached hydrogens (primary N) is 1. The number of aromatic nitrogens is 2. The third-order valence-electron chi connectivity index (χ3n) is 6.33. The zero-order valence-corrected chi connectivity index (χ0v) is 18.6. The summed E-state index contributed by atoms with van der Waals surface area (Å²) in [6.07, 6.45) is 3.88. The average molecular weight is 453 g/mol. The van der Waals surface area contributed by atoms with Crippen LogP contribution in [0.5, 0.6) is 0 Å². The molecule has 0 bridgehead atoms. The fraction of sp³-hybridized carbons (Fsp3) is 0.391. The number of benzene rings is 1. The number of amides is 2. The molecule has 1 fully saturated rings. The van der Waals surface area contributed by atoms with E-state index in [0.29, 0.717) is 46.8 Å². The van der Waals surface area contributed by atoms with Gasteiger partial charge in [0.05, 0.1) is 36.4 Å². The normalized spacial score (nSPS) is 23.0. The van der Waals surface area contributed by atoms with Gasteiger partial charge in [0.2, 0.25) is 0 Å². The van der Waals surface area contributed by atoms with Crippen molar-refractivity contribution in [2.45, 2.75) is 50.8 Å². The Morgan fingerprint density at radius 3 is 2.55 bits per heavy atom. The summed E-state index contributed by atoms with van der Waals surface area (Å²) in [5.41, 5.74) is 9.71. The number of nitrogen functional groups attached to an aromatic ring is 1. The topological polar surface area (TPSA) is 155 Å². The third-order valence-corrected chi connectivity index (χ3v) is 6.33. The molecular weight excluding hydrogens is 424 g/mol. The van der Waals surface area contributed by atoms with Crippen molar-refractivity contribution in [2.24, 2.45) is 0 Å². The molecule has 174 valence electrons. The first-order valence-corrected chi connectivity index (χ1v) is 10.9. The highest BCUT2D eigenvalue weighted by molar-refractivity contribution is 5.95. The first kappa shape index (κ1) is 22.5. The largest absolute Gasteiger partial charge is 0.466 e. The fourth-order valence-corrected chi connectivity index (χ4v) is 4.55. The van der Waals surface area contributed by atoms with Crippen LogP contribution in [0.2, 0.25) is 0 Å². The van der Waals surface area contributed by atoms with Crippen molar-refractivity contribution in [3.05, 3.63) is 46.7 Å². The number of esters is 1. The van der Waals surface area contributed by atoms with Crippen LogP contribution >= 0.6 is 0 Å². The first-order chi connectivity index (χ1) is 15.8. The lowest BCUT2D eigenvalue weighted by Crippen LogP contribution is -2.45. The number of nitrogens with zero attached hydrogens (tertiary/aromatic N) is 2. The molecule has 0 radical (unpaired) electrons. The number of hydrogen-bond acceptors (Lipinski definition) is 7. The Labute approximate surface area is 191 Å². The Hall–Kier alpha value is -3.66. The van der Waals surface area contributed by atoms with Gasteiger partial charge < -0.3 is 31.6 Å². The molecule has 0 saturated heterocycles. The number of aliphatic hydroxyl groups excluding tert-OH is 1. The van der Waals surface area contributed by atoms with Gasteiger partial charge in [0.25, 0.3) is 0 Å². The van der Waals surface area contributed by atoms with E-state index < -0.39 is 18.0 Å². The SMILES string of the molecule is COC(=O)C1=C(C)NC(=O)NC1c1ccc(-c2nn(C3CCC(O)CC3)c(N)c2C=N)cc1. The smallest absolute Gasteiger partial charge is 0.337 e. The molecule has 1 aliphatic carbocycles. The molecule has 10 heteroatoms. The molecule has 10 nitrogen and oxygen atoms in total. The molecular formula is C23H28N6O4. The molecule has 1 aromatic heterocycles. The zero-order valence-electron chi connectivity index (χ0n) is 18.6. The summed E-state index contributed by atoms with van der Waals surface area (Å²) in [6.45, 7) is 1.66. The van der Waals surface area contributed by atoms with E-state index in [9.17, 15) is 14.7 Å². The highest BCUT2D eigenvalue weighted by atomic mass is 16.5. The number of aliphatic hydroxyl groups is 1. The van der Waals surface area contributed by atoms with Crippen molar-refractivity contribution in [1.29, 1.82) is 5.41 Å². The van der Waals surface area contributed by atoms with Gasteiger partial charge in [-0.3, -0.25) is 0 Å². The second-order valence-electron chi connectivity index (χ2n) is 8.38. The van der Waals surface area contributed by atoms with Gasteiger partial charge in [-0.25, -0.2) is 14.3 Å². The van der Waals surface area contributed by atoms with Crippen molar-refractivity contribution in [1.82, 2.24) is 20.4 Å². The van der Waals surface area contributed by atoms with Crippen molar-refractivity contribution < 1.29 is 19.4 Å². The number of carbonyl (C=O) groups excluding carboxylic acids is 2. The molecule has 2 heterocycles. The van der Waals surface area contributed by atoms with Crippen LogP contribution in [0, 0.1) is 5.41 Å². The van der Waals surface area contributed by atoms with E-state index in [1.54, 1.807) is 11.6 Å². The molecule has 0 spiro atoms. The Morgan fingerprint density at radius 1 is 1.27 bits per heavy atom. The highest BCUT2D eigenvalue weighted by Gasteiger charge is 2.32. The predicted molar refractivity (Wildman–Crippen MR) is 123 cm³/mol. The lowest BCUT2D eigenvalue weighted by molar-refractivity contribution is -0.136. The van der Waals surface area contributed by atoms with Crippen molar-refractivity contribution in [3.8, 4) is 11.3 Å². The molecule has 1 unspecified atom stereocenters. The second kappa shape index (κ2) is 9.07. The minimum Gasteiger partial charge on any atom is -0.466 e. The monoisotopic (exact) mass is 452 g/mol. The fourth-order valence-electron chi connectivity index (χ4n) is 4.55. The first-order valence-electron chi connectivity index (χ1n) is 10.9. The van der Waals surface area contributed by atoms with Crippen molar-refractivity contribution >= 4 is 24.0 Å². The Kier molecular flexibility index (Phi) is 6.19. The maximum atomic E-state index is 12.3. The summed E-state index contributed by atoms with van der Waals surface area (Å²) in [7, 11) is 1.30. The maximum absolute atomic E-state index is 12.3. The number of methoxy groups -OCH3 is 1. The van der Waals surface area contributed by atoms with E-state index in [1.807, 2.05) is 24.3 Å². The Balaban J connectivity index is 1.67. The van der Waals surface area contributed by atoms with E-state index in [2.05, 4.69) is 10.6 Å². The Morgan fingerprint density at radius 2 is 1.94 bits per heavy atom.